The first-order valence-electron chi connectivity index (χ1n) is 7.99. The minimum absolute atomic E-state index is 0.296. The van der Waals surface area contributed by atoms with Crippen LogP contribution in [-0.4, -0.2) is 36.9 Å². The highest BCUT2D eigenvalue weighted by Gasteiger charge is 2.19. The van der Waals surface area contributed by atoms with Crippen LogP contribution in [0.3, 0.4) is 0 Å². The van der Waals surface area contributed by atoms with Crippen LogP contribution in [0, 0.1) is 0 Å². The third-order valence-electron chi connectivity index (χ3n) is 3.69. The van der Waals surface area contributed by atoms with Crippen molar-refractivity contribution >= 4 is 34.1 Å². The summed E-state index contributed by atoms with van der Waals surface area (Å²) in [6, 6.07) is 15.2. The standard InChI is InChI=1S/C18H14N6OS2/c1-26-18-20-11-14(24(18)12-7-3-2-4-8-12)15(25)21-17-23-22-16(27-17)13-9-5-6-10-19-13/h2-11H,1H3,(H,21,23,25). The zero-order valence-electron chi connectivity index (χ0n) is 14.2. The molecule has 134 valence electrons. The molecule has 0 saturated carbocycles. The van der Waals surface area contributed by atoms with E-state index in [-0.39, 0.29) is 5.91 Å². The number of nitrogens with one attached hydrogen (secondary N) is 1. The van der Waals surface area contributed by atoms with Gasteiger partial charge in [-0.2, -0.15) is 0 Å². The number of carbonyl (C=O) groups is 1. The van der Waals surface area contributed by atoms with Crippen LogP contribution in [0.25, 0.3) is 16.4 Å². The van der Waals surface area contributed by atoms with Gasteiger partial charge in [0.05, 0.1) is 6.20 Å². The lowest BCUT2D eigenvalue weighted by Gasteiger charge is -2.10. The molecule has 0 aliphatic heterocycles. The largest absolute Gasteiger partial charge is 0.295 e. The topological polar surface area (TPSA) is 85.6 Å². The third kappa shape index (κ3) is 3.60. The van der Waals surface area contributed by atoms with Gasteiger partial charge in [-0.25, -0.2) is 4.98 Å². The Hall–Kier alpha value is -3.04. The molecular weight excluding hydrogens is 380 g/mol. The summed E-state index contributed by atoms with van der Waals surface area (Å²) in [5, 5.41) is 12.7. The van der Waals surface area contributed by atoms with E-state index >= 15 is 0 Å². The van der Waals surface area contributed by atoms with Gasteiger partial charge in [-0.3, -0.25) is 19.7 Å². The van der Waals surface area contributed by atoms with Gasteiger partial charge < -0.3 is 0 Å². The van der Waals surface area contributed by atoms with E-state index in [9.17, 15) is 4.79 Å². The second-order valence-corrected chi connectivity index (χ2v) is 7.13. The van der Waals surface area contributed by atoms with Gasteiger partial charge in [0.15, 0.2) is 10.2 Å². The maximum atomic E-state index is 12.8. The molecule has 0 aliphatic carbocycles. The van der Waals surface area contributed by atoms with Gasteiger partial charge in [0.1, 0.15) is 11.4 Å². The van der Waals surface area contributed by atoms with Crippen molar-refractivity contribution in [1.29, 1.82) is 0 Å². The zero-order chi connectivity index (χ0) is 18.6. The number of carbonyl (C=O) groups excluding carboxylic acids is 1. The van der Waals surface area contributed by atoms with Crippen molar-refractivity contribution in [3.8, 4) is 16.4 Å². The summed E-state index contributed by atoms with van der Waals surface area (Å²) >= 11 is 2.75. The lowest BCUT2D eigenvalue weighted by Crippen LogP contribution is -2.16. The van der Waals surface area contributed by atoms with Crippen LogP contribution in [-0.2, 0) is 0 Å². The number of aromatic nitrogens is 5. The molecular formula is C18H14N6OS2. The summed E-state index contributed by atoms with van der Waals surface area (Å²) in [6.07, 6.45) is 5.18. The summed E-state index contributed by atoms with van der Waals surface area (Å²) in [4.78, 5) is 21.4. The first-order chi connectivity index (χ1) is 13.3. The number of amides is 1. The maximum Gasteiger partial charge on any atom is 0.276 e. The fraction of sp³-hybridized carbons (Fsp3) is 0.0556. The van der Waals surface area contributed by atoms with Crippen LogP contribution >= 0.6 is 23.1 Å². The molecule has 0 radical (unpaired) electrons. The smallest absolute Gasteiger partial charge is 0.276 e. The van der Waals surface area contributed by atoms with E-state index in [0.29, 0.717) is 15.8 Å². The molecule has 0 atom stereocenters. The number of hydrogen-bond acceptors (Lipinski definition) is 7. The minimum Gasteiger partial charge on any atom is -0.295 e. The molecule has 0 unspecified atom stereocenters. The molecule has 0 fully saturated rings. The molecule has 27 heavy (non-hydrogen) atoms. The summed E-state index contributed by atoms with van der Waals surface area (Å²) < 4.78 is 1.82. The monoisotopic (exact) mass is 394 g/mol. The quantitative estimate of drug-likeness (QED) is 0.519. The van der Waals surface area contributed by atoms with Crippen molar-refractivity contribution in [1.82, 2.24) is 24.7 Å². The van der Waals surface area contributed by atoms with Gasteiger partial charge in [0, 0.05) is 11.9 Å². The van der Waals surface area contributed by atoms with Gasteiger partial charge >= 0.3 is 0 Å². The highest BCUT2D eigenvalue weighted by atomic mass is 32.2. The Balaban J connectivity index is 1.61. The molecule has 7 nitrogen and oxygen atoms in total. The summed E-state index contributed by atoms with van der Waals surface area (Å²) in [6.45, 7) is 0. The molecule has 4 rings (SSSR count). The highest BCUT2D eigenvalue weighted by molar-refractivity contribution is 7.98. The lowest BCUT2D eigenvalue weighted by molar-refractivity contribution is 0.102. The summed E-state index contributed by atoms with van der Waals surface area (Å²) in [7, 11) is 0. The molecule has 1 aromatic carbocycles. The SMILES string of the molecule is CSc1ncc(C(=O)Nc2nnc(-c3ccccn3)s2)n1-c1ccccc1. The minimum atomic E-state index is -0.296. The van der Waals surface area contributed by atoms with E-state index in [0.717, 1.165) is 16.5 Å². The number of rotatable bonds is 5. The van der Waals surface area contributed by atoms with Crippen molar-refractivity contribution < 1.29 is 4.79 Å². The van der Waals surface area contributed by atoms with Gasteiger partial charge in [0.2, 0.25) is 5.13 Å². The van der Waals surface area contributed by atoms with E-state index in [2.05, 4.69) is 25.5 Å². The molecule has 0 saturated heterocycles. The molecule has 3 aromatic heterocycles. The van der Waals surface area contributed by atoms with Gasteiger partial charge in [-0.15, -0.1) is 10.2 Å². The normalized spacial score (nSPS) is 10.7. The molecule has 0 spiro atoms. The van der Waals surface area contributed by atoms with Gasteiger partial charge in [0.25, 0.3) is 5.91 Å². The number of nitrogens with zero attached hydrogens (tertiary/aromatic N) is 5. The summed E-state index contributed by atoms with van der Waals surface area (Å²) in [5.41, 5.74) is 2.02. The van der Waals surface area contributed by atoms with Crippen LogP contribution in [0.15, 0.2) is 66.1 Å². The molecule has 1 N–H and O–H groups in total. The number of para-hydroxylation sites is 1. The lowest BCUT2D eigenvalue weighted by atomic mass is 10.3. The van der Waals surface area contributed by atoms with Gasteiger partial charge in [-0.05, 0) is 30.5 Å². The highest BCUT2D eigenvalue weighted by Crippen LogP contribution is 2.26. The predicted octanol–water partition coefficient (Wildman–Crippen LogP) is 3.76. The maximum absolute atomic E-state index is 12.8. The number of hydrogen-bond donors (Lipinski definition) is 1. The number of thioether (sulfide) groups is 1. The average Bonchev–Trinajstić information content (AvgIpc) is 3.36. The molecule has 0 bridgehead atoms. The van der Waals surface area contributed by atoms with Crippen LogP contribution in [0.2, 0.25) is 0 Å². The molecule has 3 heterocycles. The Morgan fingerprint density at radius 2 is 1.89 bits per heavy atom. The number of benzene rings is 1. The first kappa shape index (κ1) is 17.4. The Morgan fingerprint density at radius 1 is 1.07 bits per heavy atom. The number of pyridine rings is 1. The fourth-order valence-electron chi connectivity index (χ4n) is 2.49. The Labute approximate surface area is 163 Å². The van der Waals surface area contributed by atoms with Crippen LogP contribution in [0.5, 0.6) is 0 Å². The van der Waals surface area contributed by atoms with Crippen LogP contribution in [0.1, 0.15) is 10.5 Å². The third-order valence-corrected chi connectivity index (χ3v) is 5.20. The Kier molecular flexibility index (Phi) is 4.95. The van der Waals surface area contributed by atoms with Crippen molar-refractivity contribution in [3.63, 3.8) is 0 Å². The van der Waals surface area contributed by atoms with Crippen molar-refractivity contribution in [2.24, 2.45) is 0 Å². The Bertz CT molecular complexity index is 1060. The van der Waals surface area contributed by atoms with E-state index in [1.807, 2.05) is 59.4 Å². The van der Waals surface area contributed by atoms with E-state index in [1.165, 1.54) is 23.1 Å². The number of anilines is 1. The van der Waals surface area contributed by atoms with Crippen LogP contribution < -0.4 is 5.32 Å². The molecule has 0 aliphatic rings. The van der Waals surface area contributed by atoms with Crippen LogP contribution in [0.4, 0.5) is 5.13 Å². The second-order valence-electron chi connectivity index (χ2n) is 5.38. The summed E-state index contributed by atoms with van der Waals surface area (Å²) in [5.74, 6) is -0.296. The Morgan fingerprint density at radius 3 is 2.63 bits per heavy atom. The average molecular weight is 394 g/mol. The second kappa shape index (κ2) is 7.68. The van der Waals surface area contributed by atoms with E-state index in [4.69, 9.17) is 0 Å². The predicted molar refractivity (Wildman–Crippen MR) is 106 cm³/mol. The zero-order valence-corrected chi connectivity index (χ0v) is 15.9. The van der Waals surface area contributed by atoms with E-state index in [1.54, 1.807) is 12.4 Å². The van der Waals surface area contributed by atoms with E-state index < -0.39 is 0 Å². The molecule has 9 heteroatoms. The fourth-order valence-corrected chi connectivity index (χ4v) is 3.75. The first-order valence-corrected chi connectivity index (χ1v) is 10.0. The van der Waals surface area contributed by atoms with Gasteiger partial charge in [-0.1, -0.05) is 47.4 Å². The van der Waals surface area contributed by atoms with Crippen molar-refractivity contribution in [2.45, 2.75) is 5.16 Å². The molecule has 4 aromatic rings. The van der Waals surface area contributed by atoms with Crippen molar-refractivity contribution in [3.05, 3.63) is 66.6 Å². The molecule has 1 amide bonds. The number of imidazole rings is 1. The van der Waals surface area contributed by atoms with Crippen molar-refractivity contribution in [2.75, 3.05) is 11.6 Å².